The second kappa shape index (κ2) is 4.46. The zero-order valence-corrected chi connectivity index (χ0v) is 8.40. The normalized spacial score (nSPS) is 9.87. The van der Waals surface area contributed by atoms with E-state index in [1.165, 1.54) is 0 Å². The van der Waals surface area contributed by atoms with Crippen molar-refractivity contribution in [3.63, 3.8) is 0 Å². The van der Waals surface area contributed by atoms with Gasteiger partial charge in [0.1, 0.15) is 24.0 Å². The molecule has 0 aromatic carbocycles. The van der Waals surface area contributed by atoms with Gasteiger partial charge < -0.3 is 10.8 Å². The van der Waals surface area contributed by atoms with Crippen LogP contribution in [0.4, 0.5) is 5.82 Å². The monoisotopic (exact) mass is 208 g/mol. The number of carboxylic acid groups (broad SMARTS) is 1. The van der Waals surface area contributed by atoms with Crippen molar-refractivity contribution in [2.45, 2.75) is 26.3 Å². The number of anilines is 1. The predicted molar refractivity (Wildman–Crippen MR) is 53.0 cm³/mol. The van der Waals surface area contributed by atoms with Gasteiger partial charge in [-0.1, -0.05) is 13.3 Å². The van der Waals surface area contributed by atoms with Gasteiger partial charge in [0, 0.05) is 0 Å². The highest BCUT2D eigenvalue weighted by atomic mass is 16.4. The van der Waals surface area contributed by atoms with E-state index in [1.807, 2.05) is 13.0 Å². The lowest BCUT2D eigenvalue weighted by atomic mass is 10.2. The number of aromatic nitrogens is 2. The number of carbonyl (C=O) groups is 1. The first-order valence-electron chi connectivity index (χ1n) is 4.57. The van der Waals surface area contributed by atoms with Gasteiger partial charge >= 0.3 is 5.97 Å². The molecule has 0 saturated carbocycles. The SMILES string of the molecule is CCCc1nn(CC(=O)O)c(N)c1C#N. The van der Waals surface area contributed by atoms with Crippen LogP contribution in [0.5, 0.6) is 0 Å². The number of aryl methyl sites for hydroxylation is 1. The van der Waals surface area contributed by atoms with Gasteiger partial charge in [0.05, 0.1) is 5.69 Å². The third-order valence-corrected chi connectivity index (χ3v) is 1.95. The van der Waals surface area contributed by atoms with E-state index in [4.69, 9.17) is 16.1 Å². The minimum absolute atomic E-state index is 0.128. The van der Waals surface area contributed by atoms with E-state index in [-0.39, 0.29) is 17.9 Å². The van der Waals surface area contributed by atoms with E-state index in [0.29, 0.717) is 12.1 Å². The van der Waals surface area contributed by atoms with E-state index in [1.54, 1.807) is 0 Å². The molecule has 0 aliphatic heterocycles. The minimum atomic E-state index is -1.03. The molecule has 80 valence electrons. The Bertz CT molecular complexity index is 416. The summed E-state index contributed by atoms with van der Waals surface area (Å²) in [5.41, 5.74) is 6.47. The van der Waals surface area contributed by atoms with Gasteiger partial charge in [0.25, 0.3) is 0 Å². The second-order valence-electron chi connectivity index (χ2n) is 3.12. The molecule has 0 fully saturated rings. The van der Waals surface area contributed by atoms with Crippen LogP contribution in [0.2, 0.25) is 0 Å². The maximum Gasteiger partial charge on any atom is 0.325 e. The average Bonchev–Trinajstić information content (AvgIpc) is 2.43. The number of aliphatic carboxylic acids is 1. The molecule has 1 heterocycles. The topological polar surface area (TPSA) is 105 Å². The lowest BCUT2D eigenvalue weighted by Crippen LogP contribution is -2.12. The first-order valence-corrected chi connectivity index (χ1v) is 4.57. The fourth-order valence-corrected chi connectivity index (χ4v) is 1.31. The van der Waals surface area contributed by atoms with Crippen molar-refractivity contribution in [2.75, 3.05) is 5.73 Å². The molecule has 15 heavy (non-hydrogen) atoms. The van der Waals surface area contributed by atoms with Crippen LogP contribution in [0.1, 0.15) is 24.6 Å². The van der Waals surface area contributed by atoms with Gasteiger partial charge in [0.15, 0.2) is 0 Å². The number of nitrogens with two attached hydrogens (primary N) is 1. The molecular weight excluding hydrogens is 196 g/mol. The highest BCUT2D eigenvalue weighted by Gasteiger charge is 2.15. The third-order valence-electron chi connectivity index (χ3n) is 1.95. The number of nitrogen functional groups attached to an aromatic ring is 1. The molecule has 0 bridgehead atoms. The van der Waals surface area contributed by atoms with Crippen LogP contribution in [0.15, 0.2) is 0 Å². The molecule has 6 heteroatoms. The van der Waals surface area contributed by atoms with Crippen LogP contribution in [-0.4, -0.2) is 20.9 Å². The van der Waals surface area contributed by atoms with Crippen LogP contribution in [0.3, 0.4) is 0 Å². The summed E-state index contributed by atoms with van der Waals surface area (Å²) in [6, 6.07) is 1.94. The number of nitrogens with zero attached hydrogens (tertiary/aromatic N) is 3. The summed E-state index contributed by atoms with van der Waals surface area (Å²) in [5, 5.41) is 21.4. The molecule has 3 N–H and O–H groups in total. The van der Waals surface area contributed by atoms with E-state index in [0.717, 1.165) is 11.1 Å². The molecule has 0 amide bonds. The van der Waals surface area contributed by atoms with E-state index in [9.17, 15) is 4.79 Å². The number of carboxylic acids is 1. The Kier molecular flexibility index (Phi) is 3.29. The van der Waals surface area contributed by atoms with E-state index < -0.39 is 5.97 Å². The van der Waals surface area contributed by atoms with Gasteiger partial charge in [-0.2, -0.15) is 10.4 Å². The van der Waals surface area contributed by atoms with Crippen LogP contribution >= 0.6 is 0 Å². The predicted octanol–water partition coefficient (Wildman–Crippen LogP) is 0.374. The van der Waals surface area contributed by atoms with Crippen LogP contribution in [0.25, 0.3) is 0 Å². The molecule has 0 radical (unpaired) electrons. The summed E-state index contributed by atoms with van der Waals surface area (Å²) in [6.07, 6.45) is 1.46. The first kappa shape index (κ1) is 11.0. The summed E-state index contributed by atoms with van der Waals surface area (Å²) < 4.78 is 1.14. The number of hydrogen-bond donors (Lipinski definition) is 2. The largest absolute Gasteiger partial charge is 0.480 e. The maximum atomic E-state index is 10.5. The zero-order chi connectivity index (χ0) is 11.4. The molecule has 0 aliphatic carbocycles. The fraction of sp³-hybridized carbons (Fsp3) is 0.444. The Morgan fingerprint density at radius 2 is 2.40 bits per heavy atom. The maximum absolute atomic E-state index is 10.5. The van der Waals surface area contributed by atoms with Gasteiger partial charge in [-0.15, -0.1) is 0 Å². The summed E-state index contributed by atoms with van der Waals surface area (Å²) in [7, 11) is 0. The van der Waals surface area contributed by atoms with Crippen LogP contribution in [0, 0.1) is 11.3 Å². The Labute approximate surface area is 86.9 Å². The molecule has 0 aliphatic rings. The molecule has 0 saturated heterocycles. The average molecular weight is 208 g/mol. The van der Waals surface area contributed by atoms with Gasteiger partial charge in [-0.3, -0.25) is 4.79 Å². The highest BCUT2D eigenvalue weighted by molar-refractivity contribution is 5.67. The molecule has 0 spiro atoms. The van der Waals surface area contributed by atoms with Crippen LogP contribution < -0.4 is 5.73 Å². The summed E-state index contributed by atoms with van der Waals surface area (Å²) >= 11 is 0. The Morgan fingerprint density at radius 1 is 1.73 bits per heavy atom. The second-order valence-corrected chi connectivity index (χ2v) is 3.12. The van der Waals surface area contributed by atoms with Crippen molar-refractivity contribution in [1.82, 2.24) is 9.78 Å². The van der Waals surface area contributed by atoms with Gasteiger partial charge in [0.2, 0.25) is 0 Å². The highest BCUT2D eigenvalue weighted by Crippen LogP contribution is 2.16. The van der Waals surface area contributed by atoms with Crippen molar-refractivity contribution >= 4 is 11.8 Å². The molecular formula is C9H12N4O2. The standard InChI is InChI=1S/C9H12N4O2/c1-2-3-7-6(4-10)9(11)13(12-7)5-8(14)15/h2-3,5,11H2,1H3,(H,14,15). The molecule has 6 nitrogen and oxygen atoms in total. The Balaban J connectivity index is 3.10. The van der Waals surface area contributed by atoms with E-state index in [2.05, 4.69) is 5.10 Å². The molecule has 0 unspecified atom stereocenters. The quantitative estimate of drug-likeness (QED) is 0.743. The van der Waals surface area contributed by atoms with Crippen LogP contribution in [-0.2, 0) is 17.8 Å². The Hall–Kier alpha value is -2.03. The Morgan fingerprint density at radius 3 is 2.87 bits per heavy atom. The summed E-state index contributed by atoms with van der Waals surface area (Å²) in [6.45, 7) is 1.64. The fourth-order valence-electron chi connectivity index (χ4n) is 1.31. The minimum Gasteiger partial charge on any atom is -0.480 e. The van der Waals surface area contributed by atoms with Gasteiger partial charge in [-0.05, 0) is 6.42 Å². The smallest absolute Gasteiger partial charge is 0.325 e. The third kappa shape index (κ3) is 2.26. The van der Waals surface area contributed by atoms with Crippen molar-refractivity contribution < 1.29 is 9.90 Å². The summed E-state index contributed by atoms with van der Waals surface area (Å²) in [5.74, 6) is -0.903. The van der Waals surface area contributed by atoms with Crippen molar-refractivity contribution in [1.29, 1.82) is 5.26 Å². The van der Waals surface area contributed by atoms with Gasteiger partial charge in [-0.25, -0.2) is 4.68 Å². The lowest BCUT2D eigenvalue weighted by molar-refractivity contribution is -0.137. The molecule has 1 rings (SSSR count). The zero-order valence-electron chi connectivity index (χ0n) is 8.40. The van der Waals surface area contributed by atoms with Crippen molar-refractivity contribution in [3.8, 4) is 6.07 Å². The lowest BCUT2D eigenvalue weighted by Gasteiger charge is -1.97. The number of rotatable bonds is 4. The number of nitriles is 1. The first-order chi connectivity index (χ1) is 7.10. The molecule has 1 aromatic heterocycles. The van der Waals surface area contributed by atoms with E-state index >= 15 is 0 Å². The van der Waals surface area contributed by atoms with Crippen molar-refractivity contribution in [3.05, 3.63) is 11.3 Å². The molecule has 0 atom stereocenters. The number of hydrogen-bond acceptors (Lipinski definition) is 4. The summed E-state index contributed by atoms with van der Waals surface area (Å²) in [4.78, 5) is 10.5. The van der Waals surface area contributed by atoms with Crippen molar-refractivity contribution in [2.24, 2.45) is 0 Å². The molecule has 1 aromatic rings.